The summed E-state index contributed by atoms with van der Waals surface area (Å²) >= 11 is 0. The Morgan fingerprint density at radius 1 is 1.18 bits per heavy atom. The van der Waals surface area contributed by atoms with Gasteiger partial charge in [-0.2, -0.15) is 0 Å². The maximum atomic E-state index is 14.4. The highest BCUT2D eigenvalue weighted by Crippen LogP contribution is 2.38. The van der Waals surface area contributed by atoms with Crippen molar-refractivity contribution in [2.45, 2.75) is 72.4 Å². The Balaban J connectivity index is 1.48. The largest absolute Gasteiger partial charge is 0.339 e. The van der Waals surface area contributed by atoms with Crippen molar-refractivity contribution in [1.29, 1.82) is 0 Å². The van der Waals surface area contributed by atoms with Gasteiger partial charge < -0.3 is 9.47 Å². The molecule has 1 aliphatic carbocycles. The van der Waals surface area contributed by atoms with Crippen LogP contribution < -0.4 is 0 Å². The lowest BCUT2D eigenvalue weighted by Gasteiger charge is -2.41. The molecule has 2 atom stereocenters. The molecule has 1 unspecified atom stereocenters. The second-order valence-corrected chi connectivity index (χ2v) is 12.3. The molecule has 0 radical (unpaired) electrons. The highest BCUT2D eigenvalue weighted by Gasteiger charge is 2.40. The van der Waals surface area contributed by atoms with Gasteiger partial charge in [0.1, 0.15) is 11.6 Å². The SMILES string of the molecule is Cc1cncc2c1c(C[C@@H]1CCN(C(C(C)C)C3CC(=O)C3)C1)cn2-c1ccc(F)cc1C(=O)N(C)C(C)C. The van der Waals surface area contributed by atoms with E-state index in [-0.39, 0.29) is 11.9 Å². The average Bonchev–Trinajstić information content (AvgIpc) is 3.47. The van der Waals surface area contributed by atoms with Crippen LogP contribution in [-0.4, -0.2) is 63.3 Å². The predicted octanol–water partition coefficient (Wildman–Crippen LogP) is 5.82. The molecule has 1 amide bonds. The molecule has 7 heteroatoms. The number of amides is 1. The first-order valence-corrected chi connectivity index (χ1v) is 14.3. The van der Waals surface area contributed by atoms with Crippen molar-refractivity contribution >= 4 is 22.6 Å². The molecular formula is C32H41FN4O2. The molecule has 2 aliphatic rings. The number of fused-ring (bicyclic) bond motifs is 1. The zero-order valence-corrected chi connectivity index (χ0v) is 24.1. The van der Waals surface area contributed by atoms with Crippen LogP contribution in [0.4, 0.5) is 4.39 Å². The molecule has 1 aromatic carbocycles. The van der Waals surface area contributed by atoms with Crippen LogP contribution in [-0.2, 0) is 11.2 Å². The van der Waals surface area contributed by atoms with Gasteiger partial charge in [0.25, 0.3) is 5.91 Å². The number of rotatable bonds is 8. The highest BCUT2D eigenvalue weighted by molar-refractivity contribution is 5.99. The van der Waals surface area contributed by atoms with Gasteiger partial charge in [0.15, 0.2) is 0 Å². The van der Waals surface area contributed by atoms with E-state index in [2.05, 4.69) is 36.9 Å². The molecule has 0 bridgehead atoms. The van der Waals surface area contributed by atoms with Gasteiger partial charge in [-0.15, -0.1) is 0 Å². The third kappa shape index (κ3) is 5.25. The molecule has 0 spiro atoms. The van der Waals surface area contributed by atoms with Crippen molar-refractivity contribution in [3.05, 3.63) is 59.3 Å². The van der Waals surface area contributed by atoms with Crippen molar-refractivity contribution in [1.82, 2.24) is 19.4 Å². The van der Waals surface area contributed by atoms with Crippen LogP contribution in [0.1, 0.15) is 68.4 Å². The van der Waals surface area contributed by atoms with E-state index in [1.807, 2.05) is 30.8 Å². The number of carbonyl (C=O) groups is 2. The minimum Gasteiger partial charge on any atom is -0.339 e. The summed E-state index contributed by atoms with van der Waals surface area (Å²) in [5, 5.41) is 1.16. The summed E-state index contributed by atoms with van der Waals surface area (Å²) in [6.45, 7) is 12.6. The van der Waals surface area contributed by atoms with Crippen LogP contribution in [0.3, 0.4) is 0 Å². The molecule has 1 aliphatic heterocycles. The molecule has 39 heavy (non-hydrogen) atoms. The normalized spacial score (nSPS) is 19.3. The molecular weight excluding hydrogens is 491 g/mol. The lowest BCUT2D eigenvalue weighted by atomic mass is 9.74. The lowest BCUT2D eigenvalue weighted by Crippen LogP contribution is -2.48. The third-order valence-corrected chi connectivity index (χ3v) is 8.92. The Morgan fingerprint density at radius 3 is 2.59 bits per heavy atom. The second-order valence-electron chi connectivity index (χ2n) is 12.3. The van der Waals surface area contributed by atoms with Gasteiger partial charge in [0.05, 0.1) is 23.0 Å². The summed E-state index contributed by atoms with van der Waals surface area (Å²) in [7, 11) is 1.75. The van der Waals surface area contributed by atoms with Crippen molar-refractivity contribution in [3.63, 3.8) is 0 Å². The number of aromatic nitrogens is 2. The number of hydrogen-bond donors (Lipinski definition) is 0. The summed E-state index contributed by atoms with van der Waals surface area (Å²) in [4.78, 5) is 33.8. The molecule has 2 fully saturated rings. The zero-order chi connectivity index (χ0) is 28.0. The second kappa shape index (κ2) is 10.8. The first-order chi connectivity index (χ1) is 18.5. The number of likely N-dealkylation sites (tertiary alicyclic amines) is 1. The number of carbonyl (C=O) groups excluding carboxylic acids is 2. The van der Waals surface area contributed by atoms with Gasteiger partial charge >= 0.3 is 0 Å². The van der Waals surface area contributed by atoms with E-state index in [1.54, 1.807) is 18.0 Å². The number of halogens is 1. The van der Waals surface area contributed by atoms with Crippen LogP contribution in [0.2, 0.25) is 0 Å². The molecule has 6 nitrogen and oxygen atoms in total. The number of ketones is 1. The number of aryl methyl sites for hydroxylation is 1. The smallest absolute Gasteiger partial charge is 0.256 e. The summed E-state index contributed by atoms with van der Waals surface area (Å²) in [6.07, 6.45) is 9.38. The summed E-state index contributed by atoms with van der Waals surface area (Å²) in [6, 6.07) is 4.92. The van der Waals surface area contributed by atoms with E-state index >= 15 is 0 Å². The third-order valence-electron chi connectivity index (χ3n) is 8.92. The molecule has 2 aromatic heterocycles. The molecule has 3 heterocycles. The zero-order valence-electron chi connectivity index (χ0n) is 24.1. The van der Waals surface area contributed by atoms with E-state index in [9.17, 15) is 14.0 Å². The van der Waals surface area contributed by atoms with Gasteiger partial charge in [-0.25, -0.2) is 4.39 Å². The van der Waals surface area contributed by atoms with Gasteiger partial charge in [-0.3, -0.25) is 19.5 Å². The first kappa shape index (κ1) is 27.5. The summed E-state index contributed by atoms with van der Waals surface area (Å²) in [5.74, 6) is 1.29. The fourth-order valence-corrected chi connectivity index (χ4v) is 6.75. The molecule has 0 N–H and O–H groups in total. The van der Waals surface area contributed by atoms with Crippen LogP contribution >= 0.6 is 0 Å². The van der Waals surface area contributed by atoms with Gasteiger partial charge in [-0.1, -0.05) is 13.8 Å². The van der Waals surface area contributed by atoms with Crippen molar-refractivity contribution < 1.29 is 14.0 Å². The van der Waals surface area contributed by atoms with Gasteiger partial charge in [0, 0.05) is 56.3 Å². The van der Waals surface area contributed by atoms with E-state index in [0.717, 1.165) is 55.2 Å². The molecule has 208 valence electrons. The Kier molecular flexibility index (Phi) is 7.64. The van der Waals surface area contributed by atoms with Crippen LogP contribution in [0, 0.1) is 30.5 Å². The van der Waals surface area contributed by atoms with Crippen LogP contribution in [0.5, 0.6) is 0 Å². The number of hydrogen-bond acceptors (Lipinski definition) is 4. The highest BCUT2D eigenvalue weighted by atomic mass is 19.1. The number of nitrogens with zero attached hydrogens (tertiary/aromatic N) is 4. The first-order valence-electron chi connectivity index (χ1n) is 14.3. The maximum Gasteiger partial charge on any atom is 0.256 e. The average molecular weight is 533 g/mol. The fourth-order valence-electron chi connectivity index (χ4n) is 6.75. The van der Waals surface area contributed by atoms with Crippen LogP contribution in [0.25, 0.3) is 16.6 Å². The van der Waals surface area contributed by atoms with Crippen molar-refractivity contribution in [2.75, 3.05) is 20.1 Å². The fraction of sp³-hybridized carbons (Fsp3) is 0.531. The van der Waals surface area contributed by atoms with E-state index in [0.29, 0.717) is 40.8 Å². The quantitative estimate of drug-likeness (QED) is 0.367. The van der Waals surface area contributed by atoms with E-state index in [4.69, 9.17) is 0 Å². The van der Waals surface area contributed by atoms with E-state index in [1.165, 1.54) is 17.7 Å². The Morgan fingerprint density at radius 2 is 1.92 bits per heavy atom. The number of Topliss-reactive ketones (excluding diaryl/α,β-unsaturated/α-hetero) is 1. The molecule has 1 saturated carbocycles. The minimum absolute atomic E-state index is 0.00692. The molecule has 5 rings (SSSR count). The predicted molar refractivity (Wildman–Crippen MR) is 153 cm³/mol. The standard InChI is InChI=1S/C32H41FN4O2/c1-19(2)31(23-12-26(38)13-23)36-10-9-22(17-36)11-24-18-37(29-16-34-15-21(5)30(24)29)28-8-7-25(33)14-27(28)32(39)35(6)20(3)4/h7-8,14-16,18-20,22-23,31H,9-13,17H2,1-6H3/t22-,31?/m0/s1. The number of pyridine rings is 1. The van der Waals surface area contributed by atoms with Crippen LogP contribution in [0.15, 0.2) is 36.8 Å². The lowest BCUT2D eigenvalue weighted by molar-refractivity contribution is -0.129. The minimum atomic E-state index is -0.427. The monoisotopic (exact) mass is 532 g/mol. The molecule has 1 saturated heterocycles. The number of benzene rings is 1. The topological polar surface area (TPSA) is 58.4 Å². The Labute approximate surface area is 231 Å². The van der Waals surface area contributed by atoms with Gasteiger partial charge in [-0.05, 0) is 87.2 Å². The summed E-state index contributed by atoms with van der Waals surface area (Å²) < 4.78 is 16.4. The van der Waals surface area contributed by atoms with E-state index < -0.39 is 5.82 Å². The Hall–Kier alpha value is -3.06. The van der Waals surface area contributed by atoms with Crippen molar-refractivity contribution in [3.8, 4) is 5.69 Å². The van der Waals surface area contributed by atoms with Gasteiger partial charge in [0.2, 0.25) is 0 Å². The summed E-state index contributed by atoms with van der Waals surface area (Å²) in [5.41, 5.74) is 4.27. The molecule has 3 aromatic rings. The maximum absolute atomic E-state index is 14.4. The Bertz CT molecular complexity index is 1390. The van der Waals surface area contributed by atoms with Crippen molar-refractivity contribution in [2.24, 2.45) is 17.8 Å².